The molecule has 0 radical (unpaired) electrons. The minimum Gasteiger partial charge on any atom is -0.383 e. The number of rotatable bonds is 3. The number of nitrogens with one attached hydrogen (secondary N) is 1. The summed E-state index contributed by atoms with van der Waals surface area (Å²) in [6.07, 6.45) is 2.40. The molecule has 5 rings (SSSR count). The van der Waals surface area contributed by atoms with Crippen LogP contribution in [0, 0.1) is 13.8 Å². The van der Waals surface area contributed by atoms with Gasteiger partial charge in [-0.3, -0.25) is 5.10 Å². The topological polar surface area (TPSA) is 111 Å². The van der Waals surface area contributed by atoms with E-state index in [9.17, 15) is 0 Å². The molecular formula is C20H18N8. The predicted molar refractivity (Wildman–Crippen MR) is 107 cm³/mol. The molecular weight excluding hydrogens is 352 g/mol. The number of nitrogens with two attached hydrogens (primary N) is 1. The van der Waals surface area contributed by atoms with Crippen molar-refractivity contribution in [1.82, 2.24) is 34.8 Å². The van der Waals surface area contributed by atoms with Crippen molar-refractivity contribution in [1.29, 1.82) is 0 Å². The smallest absolute Gasteiger partial charge is 0.184 e. The number of nitrogens with zero attached hydrogens (tertiary/aromatic N) is 6. The standard InChI is InChI=1S/C20H18N8/c1-11-6-3-4-7-13(11)10-15-23-17(14-8-5-9-22-28(14)15)20-24-18(21)16-12(2)26-27-19(16)25-20/h3-9H,10H2,1-2H3,(H3,21,24,25,26,27). The summed E-state index contributed by atoms with van der Waals surface area (Å²) in [5.74, 6) is 1.66. The summed E-state index contributed by atoms with van der Waals surface area (Å²) in [6, 6.07) is 12.1. The number of anilines is 1. The van der Waals surface area contributed by atoms with E-state index in [0.29, 0.717) is 29.4 Å². The highest BCUT2D eigenvalue weighted by molar-refractivity contribution is 5.90. The Balaban J connectivity index is 1.70. The van der Waals surface area contributed by atoms with Crippen molar-refractivity contribution >= 4 is 22.4 Å². The number of aromatic amines is 1. The minimum absolute atomic E-state index is 0.386. The van der Waals surface area contributed by atoms with Crippen molar-refractivity contribution in [3.05, 3.63) is 65.2 Å². The molecule has 0 bridgehead atoms. The van der Waals surface area contributed by atoms with Crippen molar-refractivity contribution in [3.63, 3.8) is 0 Å². The van der Waals surface area contributed by atoms with Gasteiger partial charge in [-0.15, -0.1) is 0 Å². The molecule has 0 amide bonds. The van der Waals surface area contributed by atoms with Crippen LogP contribution < -0.4 is 5.73 Å². The average Bonchev–Trinajstić information content (AvgIpc) is 3.25. The van der Waals surface area contributed by atoms with E-state index >= 15 is 0 Å². The van der Waals surface area contributed by atoms with Gasteiger partial charge in [0.15, 0.2) is 11.5 Å². The molecule has 0 aliphatic heterocycles. The van der Waals surface area contributed by atoms with E-state index in [1.165, 1.54) is 11.1 Å². The zero-order valence-corrected chi connectivity index (χ0v) is 15.5. The maximum absolute atomic E-state index is 6.17. The number of aryl methyl sites for hydroxylation is 2. The molecule has 0 aliphatic carbocycles. The lowest BCUT2D eigenvalue weighted by atomic mass is 10.1. The summed E-state index contributed by atoms with van der Waals surface area (Å²) in [5.41, 5.74) is 11.4. The van der Waals surface area contributed by atoms with Crippen LogP contribution in [0.15, 0.2) is 42.6 Å². The lowest BCUT2D eigenvalue weighted by molar-refractivity contribution is 0.839. The summed E-state index contributed by atoms with van der Waals surface area (Å²) in [4.78, 5) is 13.9. The summed E-state index contributed by atoms with van der Waals surface area (Å²) < 4.78 is 1.84. The van der Waals surface area contributed by atoms with Crippen LogP contribution in [0.3, 0.4) is 0 Å². The fourth-order valence-electron chi connectivity index (χ4n) is 3.46. The third-order valence-corrected chi connectivity index (χ3v) is 4.93. The molecule has 0 unspecified atom stereocenters. The van der Waals surface area contributed by atoms with Crippen LogP contribution >= 0.6 is 0 Å². The summed E-state index contributed by atoms with van der Waals surface area (Å²) in [5, 5.41) is 12.3. The van der Waals surface area contributed by atoms with Gasteiger partial charge in [-0.05, 0) is 37.1 Å². The quantitative estimate of drug-likeness (QED) is 0.505. The minimum atomic E-state index is 0.386. The summed E-state index contributed by atoms with van der Waals surface area (Å²) in [6.45, 7) is 3.96. The number of H-pyrrole nitrogens is 1. The molecule has 0 fully saturated rings. The number of aromatic nitrogens is 7. The second kappa shape index (κ2) is 6.12. The molecule has 5 aromatic rings. The van der Waals surface area contributed by atoms with Gasteiger partial charge in [-0.1, -0.05) is 24.3 Å². The third-order valence-electron chi connectivity index (χ3n) is 4.93. The summed E-state index contributed by atoms with van der Waals surface area (Å²) in [7, 11) is 0. The van der Waals surface area contributed by atoms with Gasteiger partial charge >= 0.3 is 0 Å². The van der Waals surface area contributed by atoms with Crippen LogP contribution in [-0.2, 0) is 6.42 Å². The van der Waals surface area contributed by atoms with Crippen molar-refractivity contribution in [3.8, 4) is 11.5 Å². The molecule has 28 heavy (non-hydrogen) atoms. The van der Waals surface area contributed by atoms with E-state index in [0.717, 1.165) is 22.4 Å². The van der Waals surface area contributed by atoms with Gasteiger partial charge in [-0.2, -0.15) is 10.2 Å². The molecule has 0 atom stereocenters. The van der Waals surface area contributed by atoms with E-state index < -0.39 is 0 Å². The predicted octanol–water partition coefficient (Wildman–Crippen LogP) is 2.85. The SMILES string of the molecule is Cc1ccccc1Cc1nc(-c2nc(N)c3c(C)n[nH]c3n2)c2cccnn12. The van der Waals surface area contributed by atoms with Crippen LogP contribution in [0.1, 0.15) is 22.6 Å². The normalized spacial score (nSPS) is 11.5. The first kappa shape index (κ1) is 16.4. The molecule has 3 N–H and O–H groups in total. The lowest BCUT2D eigenvalue weighted by Crippen LogP contribution is -2.00. The number of hydrogen-bond donors (Lipinski definition) is 2. The molecule has 0 aliphatic rings. The van der Waals surface area contributed by atoms with Crippen molar-refractivity contribution in [2.24, 2.45) is 0 Å². The zero-order chi connectivity index (χ0) is 19.3. The molecule has 4 aromatic heterocycles. The van der Waals surface area contributed by atoms with Gasteiger partial charge in [0.05, 0.1) is 16.6 Å². The fraction of sp³-hybridized carbons (Fsp3) is 0.150. The first-order valence-corrected chi connectivity index (χ1v) is 8.97. The lowest BCUT2D eigenvalue weighted by Gasteiger charge is -2.04. The van der Waals surface area contributed by atoms with E-state index in [1.807, 2.05) is 35.7 Å². The Kier molecular flexibility index (Phi) is 3.58. The second-order valence-corrected chi connectivity index (χ2v) is 6.77. The van der Waals surface area contributed by atoms with Crippen molar-refractivity contribution in [2.45, 2.75) is 20.3 Å². The van der Waals surface area contributed by atoms with Gasteiger partial charge in [-0.25, -0.2) is 19.5 Å². The summed E-state index contributed by atoms with van der Waals surface area (Å²) >= 11 is 0. The van der Waals surface area contributed by atoms with Crippen LogP contribution in [-0.4, -0.2) is 34.8 Å². The van der Waals surface area contributed by atoms with Gasteiger partial charge in [0.1, 0.15) is 17.3 Å². The first-order chi connectivity index (χ1) is 13.6. The maximum atomic E-state index is 6.17. The Labute approximate surface area is 160 Å². The van der Waals surface area contributed by atoms with Gasteiger partial charge in [0.25, 0.3) is 0 Å². The molecule has 0 saturated heterocycles. The highest BCUT2D eigenvalue weighted by Gasteiger charge is 2.19. The van der Waals surface area contributed by atoms with Crippen molar-refractivity contribution < 1.29 is 0 Å². The number of fused-ring (bicyclic) bond motifs is 2. The van der Waals surface area contributed by atoms with E-state index in [-0.39, 0.29) is 0 Å². The Hall–Kier alpha value is -3.81. The molecule has 0 saturated carbocycles. The average molecular weight is 370 g/mol. The number of nitrogen functional groups attached to an aromatic ring is 1. The van der Waals surface area contributed by atoms with Gasteiger partial charge in [0.2, 0.25) is 0 Å². The highest BCUT2D eigenvalue weighted by Crippen LogP contribution is 2.27. The van der Waals surface area contributed by atoms with E-state index in [2.05, 4.69) is 44.3 Å². The first-order valence-electron chi connectivity index (χ1n) is 8.97. The van der Waals surface area contributed by atoms with Crippen LogP contribution in [0.5, 0.6) is 0 Å². The van der Waals surface area contributed by atoms with E-state index in [4.69, 9.17) is 10.7 Å². The third kappa shape index (κ3) is 2.50. The van der Waals surface area contributed by atoms with Gasteiger partial charge in [0, 0.05) is 12.6 Å². The van der Waals surface area contributed by atoms with Crippen LogP contribution in [0.25, 0.3) is 28.1 Å². The largest absolute Gasteiger partial charge is 0.383 e. The number of imidazole rings is 1. The Morgan fingerprint density at radius 1 is 1.04 bits per heavy atom. The highest BCUT2D eigenvalue weighted by atomic mass is 15.3. The molecule has 1 aromatic carbocycles. The van der Waals surface area contributed by atoms with Gasteiger partial charge < -0.3 is 5.73 Å². The molecule has 0 spiro atoms. The zero-order valence-electron chi connectivity index (χ0n) is 15.5. The number of hydrogen-bond acceptors (Lipinski definition) is 6. The number of benzene rings is 1. The Bertz CT molecular complexity index is 1330. The monoisotopic (exact) mass is 370 g/mol. The Morgan fingerprint density at radius 3 is 2.75 bits per heavy atom. The maximum Gasteiger partial charge on any atom is 0.184 e. The molecule has 4 heterocycles. The molecule has 8 nitrogen and oxygen atoms in total. The Morgan fingerprint density at radius 2 is 1.89 bits per heavy atom. The van der Waals surface area contributed by atoms with E-state index in [1.54, 1.807) is 6.20 Å². The second-order valence-electron chi connectivity index (χ2n) is 6.77. The fourth-order valence-corrected chi connectivity index (χ4v) is 3.46. The van der Waals surface area contributed by atoms with Crippen LogP contribution in [0.2, 0.25) is 0 Å². The molecule has 8 heteroatoms. The molecule has 138 valence electrons. The van der Waals surface area contributed by atoms with Crippen molar-refractivity contribution in [2.75, 3.05) is 5.73 Å². The van der Waals surface area contributed by atoms with Crippen LogP contribution in [0.4, 0.5) is 5.82 Å².